The number of nitrogens with zero attached hydrogens (tertiary/aromatic N) is 5. The minimum Gasteiger partial charge on any atom is -0.340 e. The monoisotopic (exact) mass is 549 g/mol. The van der Waals surface area contributed by atoms with Gasteiger partial charge >= 0.3 is 0 Å². The standard InChI is InChI=1S/C30H30ClF2N5O/c1-6-24(39)37-16-30(33,17-37)15-36-12-13-38(28-20(5)10-11-34-26(28)18(2)3)29-23(36)14-22(31)27(35-29)21-9-7-8-19(4)25(21)32/h6-14,18H,1,15-17H2,2-5H3. The summed E-state index contributed by atoms with van der Waals surface area (Å²) < 4.78 is 30.9. The van der Waals surface area contributed by atoms with E-state index in [2.05, 4.69) is 25.4 Å². The van der Waals surface area contributed by atoms with Gasteiger partial charge in [0.05, 0.1) is 47.4 Å². The SMILES string of the molecule is C=CC(=O)N1CC(F)(CN2C=CN(c3c(C)ccnc3C(C)C)c3nc(-c4cccc(C)c4F)c(Cl)cc32)C1. The van der Waals surface area contributed by atoms with E-state index in [9.17, 15) is 4.79 Å². The number of pyridine rings is 2. The van der Waals surface area contributed by atoms with Gasteiger partial charge in [-0.05, 0) is 55.2 Å². The Balaban J connectivity index is 1.64. The average Bonchev–Trinajstić information content (AvgIpc) is 2.88. The van der Waals surface area contributed by atoms with Crippen LogP contribution in [0.4, 0.5) is 26.0 Å². The second-order valence-corrected chi connectivity index (χ2v) is 10.9. The van der Waals surface area contributed by atoms with Crippen LogP contribution in [0.1, 0.15) is 36.6 Å². The van der Waals surface area contributed by atoms with Gasteiger partial charge in [0.2, 0.25) is 5.91 Å². The van der Waals surface area contributed by atoms with E-state index < -0.39 is 11.5 Å². The quantitative estimate of drug-likeness (QED) is 0.315. The number of carbonyl (C=O) groups excluding carboxylic acids is 1. The fraction of sp³-hybridized carbons (Fsp3) is 0.300. The molecule has 0 N–H and O–H groups in total. The summed E-state index contributed by atoms with van der Waals surface area (Å²) >= 11 is 6.73. The Hall–Kier alpha value is -3.78. The van der Waals surface area contributed by atoms with E-state index in [-0.39, 0.29) is 42.0 Å². The molecule has 0 bridgehead atoms. The summed E-state index contributed by atoms with van der Waals surface area (Å²) in [5.41, 5.74) is 2.73. The van der Waals surface area contributed by atoms with Crippen LogP contribution in [-0.2, 0) is 4.79 Å². The molecule has 0 atom stereocenters. The van der Waals surface area contributed by atoms with Crippen molar-refractivity contribution in [2.45, 2.75) is 39.3 Å². The van der Waals surface area contributed by atoms with E-state index in [4.69, 9.17) is 16.6 Å². The zero-order chi connectivity index (χ0) is 28.1. The van der Waals surface area contributed by atoms with E-state index in [1.54, 1.807) is 48.5 Å². The number of alkyl halides is 1. The van der Waals surface area contributed by atoms with Gasteiger partial charge in [0, 0.05) is 24.2 Å². The first-order valence-electron chi connectivity index (χ1n) is 12.8. The summed E-state index contributed by atoms with van der Waals surface area (Å²) in [5, 5.41) is 0.246. The molecule has 1 amide bonds. The van der Waals surface area contributed by atoms with E-state index in [1.807, 2.05) is 24.1 Å². The lowest BCUT2D eigenvalue weighted by molar-refractivity contribution is -0.139. The first-order chi connectivity index (χ1) is 18.5. The van der Waals surface area contributed by atoms with Crippen LogP contribution in [0.25, 0.3) is 11.3 Å². The Morgan fingerprint density at radius 1 is 1.21 bits per heavy atom. The molecule has 0 saturated carbocycles. The molecule has 1 aromatic carbocycles. The minimum absolute atomic E-state index is 0.00944. The second-order valence-electron chi connectivity index (χ2n) is 10.5. The summed E-state index contributed by atoms with van der Waals surface area (Å²) in [6.07, 6.45) is 6.57. The van der Waals surface area contributed by atoms with Crippen molar-refractivity contribution in [3.05, 3.63) is 89.2 Å². The Labute approximate surface area is 232 Å². The average molecular weight is 550 g/mol. The lowest BCUT2D eigenvalue weighted by Gasteiger charge is -2.46. The Bertz CT molecular complexity index is 1500. The molecule has 6 nitrogen and oxygen atoms in total. The second kappa shape index (κ2) is 10.1. The maximum Gasteiger partial charge on any atom is 0.246 e. The third-order valence-electron chi connectivity index (χ3n) is 7.15. The lowest BCUT2D eigenvalue weighted by Crippen LogP contribution is -2.64. The van der Waals surface area contributed by atoms with Crippen molar-refractivity contribution in [3.8, 4) is 11.3 Å². The van der Waals surface area contributed by atoms with Crippen molar-refractivity contribution in [2.24, 2.45) is 0 Å². The molecule has 5 rings (SSSR count). The highest BCUT2D eigenvalue weighted by Crippen LogP contribution is 2.45. The molecule has 2 aliphatic heterocycles. The molecule has 3 aromatic rings. The molecule has 202 valence electrons. The maximum atomic E-state index is 15.7. The Morgan fingerprint density at radius 3 is 2.64 bits per heavy atom. The van der Waals surface area contributed by atoms with Gasteiger partial charge in [-0.3, -0.25) is 14.7 Å². The number of hydrogen-bond donors (Lipinski definition) is 0. The summed E-state index contributed by atoms with van der Waals surface area (Å²) in [6.45, 7) is 11.2. The predicted molar refractivity (Wildman–Crippen MR) is 152 cm³/mol. The number of rotatable bonds is 6. The summed E-state index contributed by atoms with van der Waals surface area (Å²) in [5.74, 6) is -0.0935. The molecule has 0 aliphatic carbocycles. The third kappa shape index (κ3) is 4.78. The smallest absolute Gasteiger partial charge is 0.246 e. The largest absolute Gasteiger partial charge is 0.340 e. The predicted octanol–water partition coefficient (Wildman–Crippen LogP) is 6.84. The van der Waals surface area contributed by atoms with Crippen molar-refractivity contribution in [1.29, 1.82) is 0 Å². The van der Waals surface area contributed by atoms with Crippen molar-refractivity contribution in [1.82, 2.24) is 14.9 Å². The van der Waals surface area contributed by atoms with Crippen LogP contribution >= 0.6 is 11.6 Å². The van der Waals surface area contributed by atoms with Gasteiger partial charge in [0.15, 0.2) is 11.5 Å². The number of likely N-dealkylation sites (tertiary alicyclic amines) is 1. The normalized spacial score (nSPS) is 15.8. The summed E-state index contributed by atoms with van der Waals surface area (Å²) in [4.78, 5) is 26.5. The van der Waals surface area contributed by atoms with Gasteiger partial charge in [-0.25, -0.2) is 13.8 Å². The molecule has 0 unspecified atom stereocenters. The molecule has 2 aliphatic rings. The fourth-order valence-corrected chi connectivity index (χ4v) is 5.38. The van der Waals surface area contributed by atoms with Gasteiger partial charge in [-0.2, -0.15) is 0 Å². The number of carbonyl (C=O) groups is 1. The minimum atomic E-state index is -1.62. The van der Waals surface area contributed by atoms with Crippen LogP contribution in [0.5, 0.6) is 0 Å². The molecule has 1 fully saturated rings. The number of halogens is 3. The highest BCUT2D eigenvalue weighted by Gasteiger charge is 2.47. The van der Waals surface area contributed by atoms with Crippen LogP contribution < -0.4 is 9.80 Å². The van der Waals surface area contributed by atoms with Crippen molar-refractivity contribution >= 4 is 34.7 Å². The molecule has 9 heteroatoms. The van der Waals surface area contributed by atoms with Crippen molar-refractivity contribution in [2.75, 3.05) is 29.4 Å². The molecule has 39 heavy (non-hydrogen) atoms. The molecule has 1 saturated heterocycles. The molecule has 0 radical (unpaired) electrons. The van der Waals surface area contributed by atoms with Crippen LogP contribution in [0.15, 0.2) is 61.6 Å². The number of aromatic nitrogens is 2. The van der Waals surface area contributed by atoms with Gasteiger partial charge in [0.25, 0.3) is 0 Å². The van der Waals surface area contributed by atoms with Gasteiger partial charge < -0.3 is 9.80 Å². The van der Waals surface area contributed by atoms with Crippen LogP contribution in [0.2, 0.25) is 5.02 Å². The van der Waals surface area contributed by atoms with Crippen molar-refractivity contribution in [3.63, 3.8) is 0 Å². The van der Waals surface area contributed by atoms with E-state index in [0.29, 0.717) is 22.8 Å². The van der Waals surface area contributed by atoms with Crippen LogP contribution in [0.3, 0.4) is 0 Å². The van der Waals surface area contributed by atoms with Crippen LogP contribution in [-0.4, -0.2) is 46.1 Å². The van der Waals surface area contributed by atoms with Gasteiger partial charge in [-0.1, -0.05) is 44.2 Å². The number of benzene rings is 1. The fourth-order valence-electron chi connectivity index (χ4n) is 5.13. The van der Waals surface area contributed by atoms with E-state index in [0.717, 1.165) is 16.9 Å². The molecular formula is C30H30ClF2N5O. The number of anilines is 3. The highest BCUT2D eigenvalue weighted by molar-refractivity contribution is 6.33. The first-order valence-corrected chi connectivity index (χ1v) is 13.2. The molecule has 2 aromatic heterocycles. The van der Waals surface area contributed by atoms with Crippen molar-refractivity contribution < 1.29 is 13.6 Å². The summed E-state index contributed by atoms with van der Waals surface area (Å²) in [6, 6.07) is 8.72. The lowest BCUT2D eigenvalue weighted by atomic mass is 9.95. The zero-order valence-electron chi connectivity index (χ0n) is 22.4. The topological polar surface area (TPSA) is 52.6 Å². The maximum absolute atomic E-state index is 15.7. The Morgan fingerprint density at radius 2 is 1.95 bits per heavy atom. The summed E-state index contributed by atoms with van der Waals surface area (Å²) in [7, 11) is 0. The van der Waals surface area contributed by atoms with Gasteiger partial charge in [0.1, 0.15) is 5.82 Å². The highest BCUT2D eigenvalue weighted by atomic mass is 35.5. The Kier molecular flexibility index (Phi) is 6.93. The van der Waals surface area contributed by atoms with E-state index >= 15 is 8.78 Å². The number of fused-ring (bicyclic) bond motifs is 1. The third-order valence-corrected chi connectivity index (χ3v) is 7.44. The number of hydrogen-bond acceptors (Lipinski definition) is 5. The first kappa shape index (κ1) is 26.8. The number of amides is 1. The molecule has 4 heterocycles. The van der Waals surface area contributed by atoms with Gasteiger partial charge in [-0.15, -0.1) is 0 Å². The van der Waals surface area contributed by atoms with Crippen LogP contribution in [0, 0.1) is 19.7 Å². The van der Waals surface area contributed by atoms with E-state index in [1.165, 1.54) is 11.0 Å². The zero-order valence-corrected chi connectivity index (χ0v) is 23.1. The molecular weight excluding hydrogens is 520 g/mol. The number of aryl methyl sites for hydroxylation is 2. The molecule has 0 spiro atoms.